The molecule has 4 rings (SSSR count). The minimum atomic E-state index is 0.126. The molecule has 0 saturated heterocycles. The SMILES string of the molecule is Cc1cc(C)c2nc3c(cc2c1)CN(Cc1ccccc1)CC(C)O3. The van der Waals surface area contributed by atoms with Crippen LogP contribution in [0, 0.1) is 13.8 Å². The molecule has 0 spiro atoms. The Morgan fingerprint density at radius 1 is 1.12 bits per heavy atom. The normalized spacial score (nSPS) is 17.8. The summed E-state index contributed by atoms with van der Waals surface area (Å²) in [6.45, 7) is 9.08. The molecule has 2 heterocycles. The van der Waals surface area contributed by atoms with Crippen molar-refractivity contribution in [3.63, 3.8) is 0 Å². The van der Waals surface area contributed by atoms with Crippen molar-refractivity contribution in [1.29, 1.82) is 0 Å². The zero-order valence-corrected chi connectivity index (χ0v) is 15.1. The molecule has 1 aliphatic heterocycles. The Morgan fingerprint density at radius 2 is 1.92 bits per heavy atom. The monoisotopic (exact) mass is 332 g/mol. The van der Waals surface area contributed by atoms with Crippen LogP contribution >= 0.6 is 0 Å². The van der Waals surface area contributed by atoms with Gasteiger partial charge in [0.1, 0.15) is 6.10 Å². The molecule has 2 aromatic carbocycles. The van der Waals surface area contributed by atoms with Crippen LogP contribution in [-0.4, -0.2) is 22.5 Å². The third-order valence-corrected chi connectivity index (χ3v) is 4.76. The molecule has 1 atom stereocenters. The molecule has 0 bridgehead atoms. The van der Waals surface area contributed by atoms with Gasteiger partial charge in [-0.2, -0.15) is 0 Å². The van der Waals surface area contributed by atoms with Crippen molar-refractivity contribution in [3.05, 3.63) is 70.8 Å². The molecular weight excluding hydrogens is 308 g/mol. The molecule has 1 aliphatic rings. The minimum absolute atomic E-state index is 0.126. The lowest BCUT2D eigenvalue weighted by atomic mass is 10.0. The van der Waals surface area contributed by atoms with Crippen molar-refractivity contribution >= 4 is 10.9 Å². The van der Waals surface area contributed by atoms with E-state index in [1.54, 1.807) is 0 Å². The van der Waals surface area contributed by atoms with Gasteiger partial charge in [-0.05, 0) is 44.0 Å². The van der Waals surface area contributed by atoms with E-state index in [2.05, 4.69) is 74.2 Å². The van der Waals surface area contributed by atoms with Crippen molar-refractivity contribution in [2.75, 3.05) is 6.54 Å². The summed E-state index contributed by atoms with van der Waals surface area (Å²) in [6, 6.07) is 17.3. The van der Waals surface area contributed by atoms with Crippen LogP contribution in [0.5, 0.6) is 5.88 Å². The number of benzene rings is 2. The number of hydrogen-bond donors (Lipinski definition) is 0. The third kappa shape index (κ3) is 3.38. The summed E-state index contributed by atoms with van der Waals surface area (Å²) in [5.41, 5.74) is 6.04. The van der Waals surface area contributed by atoms with Gasteiger partial charge in [0, 0.05) is 30.6 Å². The number of nitrogens with zero attached hydrogens (tertiary/aromatic N) is 2. The predicted octanol–water partition coefficient (Wildman–Crippen LogP) is 4.63. The Balaban J connectivity index is 1.71. The van der Waals surface area contributed by atoms with Gasteiger partial charge in [-0.1, -0.05) is 42.0 Å². The topological polar surface area (TPSA) is 25.4 Å². The van der Waals surface area contributed by atoms with Gasteiger partial charge < -0.3 is 4.74 Å². The van der Waals surface area contributed by atoms with Gasteiger partial charge in [0.25, 0.3) is 0 Å². The van der Waals surface area contributed by atoms with E-state index in [0.717, 1.165) is 31.0 Å². The first-order valence-corrected chi connectivity index (χ1v) is 8.92. The lowest BCUT2D eigenvalue weighted by Gasteiger charge is -2.21. The van der Waals surface area contributed by atoms with E-state index >= 15 is 0 Å². The molecule has 0 saturated carbocycles. The largest absolute Gasteiger partial charge is 0.473 e. The van der Waals surface area contributed by atoms with E-state index in [9.17, 15) is 0 Å². The number of ether oxygens (including phenoxy) is 1. The molecular formula is C22H24N2O. The van der Waals surface area contributed by atoms with Crippen LogP contribution in [0.2, 0.25) is 0 Å². The fourth-order valence-electron chi connectivity index (χ4n) is 3.75. The Morgan fingerprint density at radius 3 is 2.72 bits per heavy atom. The quantitative estimate of drug-likeness (QED) is 0.684. The highest BCUT2D eigenvalue weighted by atomic mass is 16.5. The smallest absolute Gasteiger partial charge is 0.218 e. The van der Waals surface area contributed by atoms with Crippen LogP contribution in [0.1, 0.15) is 29.2 Å². The lowest BCUT2D eigenvalue weighted by Crippen LogP contribution is -2.30. The van der Waals surface area contributed by atoms with Gasteiger partial charge in [-0.3, -0.25) is 4.90 Å². The van der Waals surface area contributed by atoms with E-state index in [1.807, 2.05) is 0 Å². The zero-order chi connectivity index (χ0) is 17.4. The van der Waals surface area contributed by atoms with Gasteiger partial charge in [0.2, 0.25) is 5.88 Å². The molecule has 3 nitrogen and oxygen atoms in total. The number of fused-ring (bicyclic) bond motifs is 2. The molecule has 3 aromatic rings. The predicted molar refractivity (Wildman–Crippen MR) is 102 cm³/mol. The molecule has 0 fully saturated rings. The highest BCUT2D eigenvalue weighted by Gasteiger charge is 2.22. The average Bonchev–Trinajstić information content (AvgIpc) is 2.71. The molecule has 25 heavy (non-hydrogen) atoms. The molecule has 1 aromatic heterocycles. The first kappa shape index (κ1) is 16.1. The fraction of sp³-hybridized carbons (Fsp3) is 0.318. The number of aryl methyl sites for hydroxylation is 2. The summed E-state index contributed by atoms with van der Waals surface area (Å²) in [4.78, 5) is 7.31. The highest BCUT2D eigenvalue weighted by Crippen LogP contribution is 2.29. The third-order valence-electron chi connectivity index (χ3n) is 4.76. The molecule has 0 N–H and O–H groups in total. The summed E-state index contributed by atoms with van der Waals surface area (Å²) >= 11 is 0. The molecule has 128 valence electrons. The number of rotatable bonds is 2. The van der Waals surface area contributed by atoms with E-state index in [0.29, 0.717) is 0 Å². The lowest BCUT2D eigenvalue weighted by molar-refractivity contribution is 0.153. The first-order valence-electron chi connectivity index (χ1n) is 8.92. The Hall–Kier alpha value is -2.39. The maximum atomic E-state index is 6.17. The second kappa shape index (κ2) is 6.49. The van der Waals surface area contributed by atoms with Crippen molar-refractivity contribution in [1.82, 2.24) is 9.88 Å². The van der Waals surface area contributed by atoms with Crippen molar-refractivity contribution < 1.29 is 4.74 Å². The summed E-state index contributed by atoms with van der Waals surface area (Å²) in [7, 11) is 0. The van der Waals surface area contributed by atoms with Crippen molar-refractivity contribution in [2.24, 2.45) is 0 Å². The van der Waals surface area contributed by atoms with Crippen LogP contribution in [0.15, 0.2) is 48.5 Å². The van der Waals surface area contributed by atoms with Crippen LogP contribution in [0.4, 0.5) is 0 Å². The van der Waals surface area contributed by atoms with Gasteiger partial charge in [0.05, 0.1) is 5.52 Å². The second-order valence-electron chi connectivity index (χ2n) is 7.19. The van der Waals surface area contributed by atoms with Crippen molar-refractivity contribution in [2.45, 2.75) is 40.0 Å². The van der Waals surface area contributed by atoms with Crippen LogP contribution in [0.25, 0.3) is 10.9 Å². The second-order valence-corrected chi connectivity index (χ2v) is 7.19. The Kier molecular flexibility index (Phi) is 4.18. The van der Waals surface area contributed by atoms with E-state index in [-0.39, 0.29) is 6.10 Å². The maximum Gasteiger partial charge on any atom is 0.218 e. The van der Waals surface area contributed by atoms with Gasteiger partial charge in [-0.25, -0.2) is 4.98 Å². The zero-order valence-electron chi connectivity index (χ0n) is 15.1. The van der Waals surface area contributed by atoms with Gasteiger partial charge in [0.15, 0.2) is 0 Å². The molecule has 1 unspecified atom stereocenters. The molecule has 0 radical (unpaired) electrons. The number of aromatic nitrogens is 1. The summed E-state index contributed by atoms with van der Waals surface area (Å²) in [6.07, 6.45) is 0.126. The van der Waals surface area contributed by atoms with Gasteiger partial charge in [-0.15, -0.1) is 0 Å². The van der Waals surface area contributed by atoms with Crippen LogP contribution < -0.4 is 4.74 Å². The maximum absolute atomic E-state index is 6.17. The number of pyridine rings is 1. The minimum Gasteiger partial charge on any atom is -0.473 e. The van der Waals surface area contributed by atoms with E-state index < -0.39 is 0 Å². The summed E-state index contributed by atoms with van der Waals surface area (Å²) in [5, 5.41) is 1.20. The number of hydrogen-bond acceptors (Lipinski definition) is 3. The van der Waals surface area contributed by atoms with Gasteiger partial charge >= 0.3 is 0 Å². The Labute approximate surface area is 149 Å². The molecule has 0 aliphatic carbocycles. The molecule has 3 heteroatoms. The molecule has 0 amide bonds. The van der Waals surface area contributed by atoms with Crippen molar-refractivity contribution in [3.8, 4) is 5.88 Å². The fourth-order valence-corrected chi connectivity index (χ4v) is 3.75. The first-order chi connectivity index (χ1) is 12.1. The average molecular weight is 332 g/mol. The standard InChI is InChI=1S/C22H24N2O/c1-15-9-16(2)21-19(10-15)11-20-14-24(12-17(3)25-22(20)23-21)13-18-7-5-4-6-8-18/h4-11,17H,12-14H2,1-3H3. The van der Waals surface area contributed by atoms with Crippen LogP contribution in [-0.2, 0) is 13.1 Å². The van der Waals surface area contributed by atoms with E-state index in [1.165, 1.54) is 27.6 Å². The Bertz CT molecular complexity index is 905. The van der Waals surface area contributed by atoms with Crippen LogP contribution in [0.3, 0.4) is 0 Å². The summed E-state index contributed by atoms with van der Waals surface area (Å²) in [5.74, 6) is 0.794. The van der Waals surface area contributed by atoms with E-state index in [4.69, 9.17) is 9.72 Å². The summed E-state index contributed by atoms with van der Waals surface area (Å²) < 4.78 is 6.17. The highest BCUT2D eigenvalue weighted by molar-refractivity contribution is 5.84.